The van der Waals surface area contributed by atoms with Gasteiger partial charge in [0.15, 0.2) is 0 Å². The molecule has 1 amide bonds. The lowest BCUT2D eigenvalue weighted by atomic mass is 9.95. The summed E-state index contributed by atoms with van der Waals surface area (Å²) in [5, 5.41) is 0.933. The average molecular weight is 435 g/mol. The minimum atomic E-state index is -0.0242. The number of amides is 1. The van der Waals surface area contributed by atoms with Gasteiger partial charge in [0.1, 0.15) is 11.3 Å². The van der Waals surface area contributed by atoms with E-state index in [9.17, 15) is 4.79 Å². The molecule has 6 nitrogen and oxygen atoms in total. The van der Waals surface area contributed by atoms with Crippen LogP contribution in [0.1, 0.15) is 23.4 Å². The monoisotopic (exact) mass is 434 g/mol. The molecule has 2 aliphatic rings. The zero-order chi connectivity index (χ0) is 21.9. The number of methoxy groups -OCH3 is 1. The number of carbonyl (C=O) groups is 1. The van der Waals surface area contributed by atoms with E-state index in [1.807, 2.05) is 53.4 Å². The average Bonchev–Trinajstić information content (AvgIpc) is 3.24. The van der Waals surface area contributed by atoms with Gasteiger partial charge in [-0.2, -0.15) is 0 Å². The SMILES string of the molecule is COc1ccc2c(-c3ccccc3)c(C(=O)N3CCC(CN4CCOCC4)CC3)oc2c1. The van der Waals surface area contributed by atoms with Gasteiger partial charge in [0.05, 0.1) is 20.3 Å². The topological polar surface area (TPSA) is 55.2 Å². The van der Waals surface area contributed by atoms with Crippen molar-refractivity contribution in [1.29, 1.82) is 0 Å². The molecule has 6 heteroatoms. The van der Waals surface area contributed by atoms with Gasteiger partial charge in [0.25, 0.3) is 5.91 Å². The van der Waals surface area contributed by atoms with Gasteiger partial charge in [0, 0.05) is 49.7 Å². The number of hydrogen-bond acceptors (Lipinski definition) is 5. The standard InChI is InChI=1S/C26H30N2O4/c1-30-21-7-8-22-23(17-21)32-25(24(22)20-5-3-2-4-6-20)26(29)28-11-9-19(10-12-28)18-27-13-15-31-16-14-27/h2-8,17,19H,9-16,18H2,1H3. The van der Waals surface area contributed by atoms with Crippen molar-refractivity contribution in [2.75, 3.05) is 53.0 Å². The normalized spacial score (nSPS) is 18.2. The summed E-state index contributed by atoms with van der Waals surface area (Å²) in [6, 6.07) is 15.8. The van der Waals surface area contributed by atoms with Gasteiger partial charge in [-0.25, -0.2) is 0 Å². The molecule has 0 N–H and O–H groups in total. The highest BCUT2D eigenvalue weighted by atomic mass is 16.5. The maximum absolute atomic E-state index is 13.6. The number of rotatable bonds is 5. The second-order valence-electron chi connectivity index (χ2n) is 8.68. The number of likely N-dealkylation sites (tertiary alicyclic amines) is 1. The maximum Gasteiger partial charge on any atom is 0.290 e. The van der Waals surface area contributed by atoms with Crippen LogP contribution in [-0.2, 0) is 4.74 Å². The Labute approximate surface area is 188 Å². The van der Waals surface area contributed by atoms with Gasteiger partial charge in [-0.15, -0.1) is 0 Å². The molecule has 2 aliphatic heterocycles. The predicted molar refractivity (Wildman–Crippen MR) is 124 cm³/mol. The second-order valence-corrected chi connectivity index (χ2v) is 8.68. The number of carbonyl (C=O) groups excluding carboxylic acids is 1. The molecule has 5 rings (SSSR count). The predicted octanol–water partition coefficient (Wildman–Crippen LogP) is 4.29. The van der Waals surface area contributed by atoms with Gasteiger partial charge < -0.3 is 18.8 Å². The van der Waals surface area contributed by atoms with Crippen LogP contribution in [0, 0.1) is 5.92 Å². The number of morpholine rings is 1. The molecule has 2 aromatic carbocycles. The summed E-state index contributed by atoms with van der Waals surface area (Å²) in [5.41, 5.74) is 2.53. The molecule has 0 aliphatic carbocycles. The molecular formula is C26H30N2O4. The summed E-state index contributed by atoms with van der Waals surface area (Å²) < 4.78 is 17.0. The Morgan fingerprint density at radius 3 is 2.50 bits per heavy atom. The maximum atomic E-state index is 13.6. The molecular weight excluding hydrogens is 404 g/mol. The van der Waals surface area contributed by atoms with Crippen molar-refractivity contribution < 1.29 is 18.7 Å². The summed E-state index contributed by atoms with van der Waals surface area (Å²) >= 11 is 0. The van der Waals surface area contributed by atoms with E-state index >= 15 is 0 Å². The summed E-state index contributed by atoms with van der Waals surface area (Å²) in [6.45, 7) is 6.33. The van der Waals surface area contributed by atoms with E-state index < -0.39 is 0 Å². The third-order valence-corrected chi connectivity index (χ3v) is 6.68. The van der Waals surface area contributed by atoms with Crippen molar-refractivity contribution in [1.82, 2.24) is 9.80 Å². The lowest BCUT2D eigenvalue weighted by Gasteiger charge is -2.35. The molecule has 2 fully saturated rings. The summed E-state index contributed by atoms with van der Waals surface area (Å²) in [7, 11) is 1.63. The van der Waals surface area contributed by atoms with Crippen LogP contribution < -0.4 is 4.74 Å². The highest BCUT2D eigenvalue weighted by Crippen LogP contribution is 2.37. The van der Waals surface area contributed by atoms with Crippen LogP contribution in [0.25, 0.3) is 22.1 Å². The van der Waals surface area contributed by atoms with E-state index in [0.717, 1.165) is 75.3 Å². The second kappa shape index (κ2) is 9.35. The Balaban J connectivity index is 1.37. The minimum Gasteiger partial charge on any atom is -0.497 e. The van der Waals surface area contributed by atoms with Gasteiger partial charge in [-0.3, -0.25) is 9.69 Å². The lowest BCUT2D eigenvalue weighted by molar-refractivity contribution is 0.0240. The fraction of sp³-hybridized carbons (Fsp3) is 0.423. The molecule has 32 heavy (non-hydrogen) atoms. The number of piperidine rings is 1. The van der Waals surface area contributed by atoms with Gasteiger partial charge in [-0.1, -0.05) is 30.3 Å². The van der Waals surface area contributed by atoms with Crippen LogP contribution in [-0.4, -0.2) is 68.8 Å². The molecule has 1 aromatic heterocycles. The quantitative estimate of drug-likeness (QED) is 0.600. The van der Waals surface area contributed by atoms with Crippen molar-refractivity contribution in [2.45, 2.75) is 12.8 Å². The van der Waals surface area contributed by atoms with Crippen molar-refractivity contribution in [3.63, 3.8) is 0 Å². The first-order valence-corrected chi connectivity index (χ1v) is 11.5. The molecule has 3 aromatic rings. The van der Waals surface area contributed by atoms with Crippen LogP contribution in [0.3, 0.4) is 0 Å². The Bertz CT molecular complexity index is 1060. The van der Waals surface area contributed by atoms with Gasteiger partial charge >= 0.3 is 0 Å². The number of ether oxygens (including phenoxy) is 2. The van der Waals surface area contributed by atoms with E-state index in [1.54, 1.807) is 7.11 Å². The van der Waals surface area contributed by atoms with Crippen LogP contribution in [0.5, 0.6) is 5.75 Å². The van der Waals surface area contributed by atoms with E-state index in [1.165, 1.54) is 0 Å². The molecule has 0 radical (unpaired) electrons. The molecule has 0 saturated carbocycles. The van der Waals surface area contributed by atoms with Crippen LogP contribution in [0.4, 0.5) is 0 Å². The molecule has 0 spiro atoms. The summed E-state index contributed by atoms with van der Waals surface area (Å²) in [5.74, 6) is 1.74. The van der Waals surface area contributed by atoms with Gasteiger partial charge in [0.2, 0.25) is 5.76 Å². The molecule has 0 atom stereocenters. The fourth-order valence-electron chi connectivity index (χ4n) is 4.86. The summed E-state index contributed by atoms with van der Waals surface area (Å²) in [6.07, 6.45) is 2.05. The molecule has 3 heterocycles. The van der Waals surface area contributed by atoms with E-state index in [2.05, 4.69) is 4.90 Å². The smallest absolute Gasteiger partial charge is 0.290 e. The van der Waals surface area contributed by atoms with E-state index in [-0.39, 0.29) is 5.91 Å². The first-order valence-electron chi connectivity index (χ1n) is 11.5. The highest BCUT2D eigenvalue weighted by Gasteiger charge is 2.30. The Kier molecular flexibility index (Phi) is 6.14. The first kappa shape index (κ1) is 21.0. The number of fused-ring (bicyclic) bond motifs is 1. The number of hydrogen-bond donors (Lipinski definition) is 0. The van der Waals surface area contributed by atoms with Crippen molar-refractivity contribution in [3.05, 3.63) is 54.3 Å². The van der Waals surface area contributed by atoms with Crippen molar-refractivity contribution >= 4 is 16.9 Å². The Morgan fingerprint density at radius 2 is 1.78 bits per heavy atom. The van der Waals surface area contributed by atoms with Crippen LogP contribution in [0.15, 0.2) is 52.9 Å². The van der Waals surface area contributed by atoms with E-state index in [4.69, 9.17) is 13.9 Å². The third kappa shape index (κ3) is 4.25. The van der Waals surface area contributed by atoms with Crippen molar-refractivity contribution in [3.8, 4) is 16.9 Å². The Morgan fingerprint density at radius 1 is 1.03 bits per heavy atom. The summed E-state index contributed by atoms with van der Waals surface area (Å²) in [4.78, 5) is 18.0. The zero-order valence-corrected chi connectivity index (χ0v) is 18.6. The lowest BCUT2D eigenvalue weighted by Crippen LogP contribution is -2.44. The molecule has 0 unspecified atom stereocenters. The number of nitrogens with zero attached hydrogens (tertiary/aromatic N) is 2. The zero-order valence-electron chi connectivity index (χ0n) is 18.6. The van der Waals surface area contributed by atoms with E-state index in [0.29, 0.717) is 23.0 Å². The number of furan rings is 1. The van der Waals surface area contributed by atoms with Crippen molar-refractivity contribution in [2.24, 2.45) is 5.92 Å². The fourth-order valence-corrected chi connectivity index (χ4v) is 4.86. The first-order chi connectivity index (χ1) is 15.7. The minimum absolute atomic E-state index is 0.0242. The molecule has 2 saturated heterocycles. The Hall–Kier alpha value is -2.83. The highest BCUT2D eigenvalue weighted by molar-refractivity contribution is 6.08. The molecule has 168 valence electrons. The van der Waals surface area contributed by atoms with Gasteiger partial charge in [-0.05, 0) is 36.5 Å². The van der Waals surface area contributed by atoms with Crippen LogP contribution in [0.2, 0.25) is 0 Å². The molecule has 0 bridgehead atoms. The largest absolute Gasteiger partial charge is 0.497 e. The third-order valence-electron chi connectivity index (χ3n) is 6.68. The van der Waals surface area contributed by atoms with Crippen LogP contribution >= 0.6 is 0 Å². The number of benzene rings is 2.